The Kier molecular flexibility index (Phi) is 2.70. The molecule has 4 heteroatoms. The van der Waals surface area contributed by atoms with Crippen molar-refractivity contribution in [2.45, 2.75) is 25.7 Å². The molecule has 0 spiro atoms. The van der Waals surface area contributed by atoms with Crippen LogP contribution in [0.15, 0.2) is 18.2 Å². The minimum Gasteiger partial charge on any atom is -0.481 e. The average molecular weight is 208 g/mol. The summed E-state index contributed by atoms with van der Waals surface area (Å²) in [6.45, 7) is 0.400. The molecule has 0 radical (unpaired) electrons. The molecule has 4 nitrogen and oxygen atoms in total. The Labute approximate surface area is 87.1 Å². The van der Waals surface area contributed by atoms with Crippen molar-refractivity contribution < 1.29 is 19.7 Å². The van der Waals surface area contributed by atoms with E-state index in [0.29, 0.717) is 13.0 Å². The lowest BCUT2D eigenvalue weighted by Gasteiger charge is -2.08. The van der Waals surface area contributed by atoms with Crippen molar-refractivity contribution in [3.63, 3.8) is 0 Å². The molecule has 1 heterocycles. The van der Waals surface area contributed by atoms with E-state index in [1.807, 2.05) is 18.2 Å². The van der Waals surface area contributed by atoms with Crippen molar-refractivity contribution in [3.8, 4) is 0 Å². The zero-order chi connectivity index (χ0) is 10.8. The van der Waals surface area contributed by atoms with Gasteiger partial charge in [0, 0.05) is 12.0 Å². The van der Waals surface area contributed by atoms with Crippen LogP contribution in [0, 0.1) is 0 Å². The Morgan fingerprint density at radius 2 is 2.33 bits per heavy atom. The van der Waals surface area contributed by atoms with Gasteiger partial charge in [-0.2, -0.15) is 0 Å². The van der Waals surface area contributed by atoms with Crippen LogP contribution in [0.25, 0.3) is 0 Å². The number of aliphatic carboxylic acids is 1. The molecule has 0 aliphatic carbocycles. The highest BCUT2D eigenvalue weighted by molar-refractivity contribution is 5.67. The number of rotatable bonds is 3. The quantitative estimate of drug-likeness (QED) is 0.783. The van der Waals surface area contributed by atoms with Crippen LogP contribution in [0.1, 0.15) is 29.4 Å². The summed E-state index contributed by atoms with van der Waals surface area (Å²) in [5.74, 6) is -0.832. The summed E-state index contributed by atoms with van der Waals surface area (Å²) in [6, 6.07) is 5.58. The van der Waals surface area contributed by atoms with Crippen molar-refractivity contribution in [2.75, 3.05) is 0 Å². The van der Waals surface area contributed by atoms with Crippen LogP contribution in [-0.4, -0.2) is 16.2 Å². The van der Waals surface area contributed by atoms with E-state index in [0.717, 1.165) is 16.7 Å². The van der Waals surface area contributed by atoms with Crippen LogP contribution in [0.4, 0.5) is 0 Å². The maximum Gasteiger partial charge on any atom is 0.303 e. The van der Waals surface area contributed by atoms with Crippen LogP contribution in [0.3, 0.4) is 0 Å². The normalized spacial score (nSPS) is 18.9. The topological polar surface area (TPSA) is 66.8 Å². The minimum absolute atomic E-state index is 0.0726. The molecule has 80 valence electrons. The zero-order valence-electron chi connectivity index (χ0n) is 8.14. The first-order valence-electron chi connectivity index (χ1n) is 4.80. The predicted octanol–water partition coefficient (Wildman–Crippen LogP) is 1.22. The fourth-order valence-electron chi connectivity index (χ4n) is 1.82. The number of hydrogen-bond acceptors (Lipinski definition) is 3. The molecule has 0 amide bonds. The third-order valence-electron chi connectivity index (χ3n) is 2.54. The van der Waals surface area contributed by atoms with Crippen LogP contribution in [-0.2, 0) is 22.6 Å². The number of carboxylic acids is 1. The van der Waals surface area contributed by atoms with Gasteiger partial charge in [0.1, 0.15) is 0 Å². The van der Waals surface area contributed by atoms with Crippen LogP contribution in [0.5, 0.6) is 0 Å². The molecule has 1 atom stereocenters. The lowest BCUT2D eigenvalue weighted by atomic mass is 9.99. The van der Waals surface area contributed by atoms with E-state index in [-0.39, 0.29) is 6.42 Å². The van der Waals surface area contributed by atoms with Crippen molar-refractivity contribution in [1.29, 1.82) is 0 Å². The molecule has 0 saturated heterocycles. The fourth-order valence-corrected chi connectivity index (χ4v) is 1.82. The molecule has 0 bridgehead atoms. The zero-order valence-corrected chi connectivity index (χ0v) is 8.14. The van der Waals surface area contributed by atoms with Crippen LogP contribution >= 0.6 is 0 Å². The molecule has 0 fully saturated rings. The second-order valence-electron chi connectivity index (χ2n) is 3.55. The third-order valence-corrected chi connectivity index (χ3v) is 2.54. The lowest BCUT2D eigenvalue weighted by Crippen LogP contribution is -2.03. The summed E-state index contributed by atoms with van der Waals surface area (Å²) >= 11 is 0. The van der Waals surface area contributed by atoms with Gasteiger partial charge in [-0.15, -0.1) is 0 Å². The van der Waals surface area contributed by atoms with Gasteiger partial charge in [-0.05, 0) is 17.5 Å². The number of carbonyl (C=O) groups is 1. The standard InChI is InChI=1S/C11H12O4/c12-9(13)5-4-7-2-1-3-8-6-15-11(14)10(7)8/h1-3,11,14H,4-6H2,(H,12,13). The van der Waals surface area contributed by atoms with E-state index in [9.17, 15) is 9.90 Å². The summed E-state index contributed by atoms with van der Waals surface area (Å²) in [6.07, 6.45) is -0.396. The number of hydrogen-bond donors (Lipinski definition) is 2. The fraction of sp³-hybridized carbons (Fsp3) is 0.364. The number of carboxylic acid groups (broad SMARTS) is 1. The highest BCUT2D eigenvalue weighted by atomic mass is 16.6. The molecule has 0 saturated carbocycles. The van der Waals surface area contributed by atoms with Crippen molar-refractivity contribution >= 4 is 5.97 Å². The summed E-state index contributed by atoms with van der Waals surface area (Å²) in [5, 5.41) is 18.2. The second-order valence-corrected chi connectivity index (χ2v) is 3.55. The average Bonchev–Trinajstić information content (AvgIpc) is 2.58. The van der Waals surface area contributed by atoms with Gasteiger partial charge in [0.25, 0.3) is 0 Å². The van der Waals surface area contributed by atoms with Crippen LogP contribution in [0.2, 0.25) is 0 Å². The predicted molar refractivity (Wildman–Crippen MR) is 52.1 cm³/mol. The summed E-state index contributed by atoms with van der Waals surface area (Å²) in [7, 11) is 0. The number of benzene rings is 1. The summed E-state index contributed by atoms with van der Waals surface area (Å²) in [5.41, 5.74) is 2.56. The molecule has 1 aromatic rings. The van der Waals surface area contributed by atoms with Gasteiger partial charge < -0.3 is 14.9 Å². The van der Waals surface area contributed by atoms with E-state index in [1.54, 1.807) is 0 Å². The molecular formula is C11H12O4. The largest absolute Gasteiger partial charge is 0.481 e. The smallest absolute Gasteiger partial charge is 0.303 e. The Morgan fingerprint density at radius 3 is 3.07 bits per heavy atom. The molecule has 2 rings (SSSR count). The Hall–Kier alpha value is -1.39. The first kappa shape index (κ1) is 10.1. The van der Waals surface area contributed by atoms with Gasteiger partial charge in [0.15, 0.2) is 6.29 Å². The van der Waals surface area contributed by atoms with Crippen molar-refractivity contribution in [3.05, 3.63) is 34.9 Å². The van der Waals surface area contributed by atoms with Gasteiger partial charge in [-0.25, -0.2) is 0 Å². The molecule has 1 unspecified atom stereocenters. The molecule has 1 aromatic carbocycles. The van der Waals surface area contributed by atoms with Crippen molar-refractivity contribution in [1.82, 2.24) is 0 Å². The number of aryl methyl sites for hydroxylation is 1. The summed E-state index contributed by atoms with van der Waals surface area (Å²) in [4.78, 5) is 10.5. The second kappa shape index (κ2) is 4.00. The van der Waals surface area contributed by atoms with E-state index < -0.39 is 12.3 Å². The molecule has 0 aromatic heterocycles. The molecule has 15 heavy (non-hydrogen) atoms. The van der Waals surface area contributed by atoms with E-state index >= 15 is 0 Å². The minimum atomic E-state index is -0.898. The maximum absolute atomic E-state index is 10.5. The van der Waals surface area contributed by atoms with Gasteiger partial charge in [-0.1, -0.05) is 18.2 Å². The van der Waals surface area contributed by atoms with Crippen LogP contribution < -0.4 is 0 Å². The maximum atomic E-state index is 10.5. The Morgan fingerprint density at radius 1 is 1.53 bits per heavy atom. The van der Waals surface area contributed by atoms with E-state index in [4.69, 9.17) is 9.84 Å². The molecule has 1 aliphatic rings. The SMILES string of the molecule is O=C(O)CCc1cccc2c1C(O)OC2. The Balaban J connectivity index is 2.24. The Bertz CT molecular complexity index is 386. The van der Waals surface area contributed by atoms with Crippen molar-refractivity contribution in [2.24, 2.45) is 0 Å². The van der Waals surface area contributed by atoms with E-state index in [1.165, 1.54) is 0 Å². The summed E-state index contributed by atoms with van der Waals surface area (Å²) < 4.78 is 5.08. The molecule has 1 aliphatic heterocycles. The number of aliphatic hydroxyl groups is 1. The van der Waals surface area contributed by atoms with E-state index in [2.05, 4.69) is 0 Å². The highest BCUT2D eigenvalue weighted by Crippen LogP contribution is 2.31. The number of aliphatic hydroxyl groups excluding tert-OH is 1. The first-order valence-corrected chi connectivity index (χ1v) is 4.80. The molecule has 2 N–H and O–H groups in total. The number of fused-ring (bicyclic) bond motifs is 1. The number of ether oxygens (including phenoxy) is 1. The monoisotopic (exact) mass is 208 g/mol. The van der Waals surface area contributed by atoms with Gasteiger partial charge in [0.2, 0.25) is 0 Å². The molecular weight excluding hydrogens is 196 g/mol. The van der Waals surface area contributed by atoms with Gasteiger partial charge in [-0.3, -0.25) is 4.79 Å². The first-order chi connectivity index (χ1) is 7.18. The third kappa shape index (κ3) is 2.00. The van der Waals surface area contributed by atoms with Gasteiger partial charge >= 0.3 is 5.97 Å². The van der Waals surface area contributed by atoms with Gasteiger partial charge in [0.05, 0.1) is 6.61 Å². The highest BCUT2D eigenvalue weighted by Gasteiger charge is 2.23. The lowest BCUT2D eigenvalue weighted by molar-refractivity contribution is -0.137.